The van der Waals surface area contributed by atoms with Crippen LogP contribution in [-0.4, -0.2) is 11.7 Å². The maximum Gasteiger partial charge on any atom is 0.123 e. The second-order valence-electron chi connectivity index (χ2n) is 4.72. The lowest BCUT2D eigenvalue weighted by atomic mass is 10.2. The fourth-order valence-electron chi connectivity index (χ4n) is 2.41. The lowest BCUT2D eigenvalue weighted by Crippen LogP contribution is -2.00. The number of benzene rings is 2. The van der Waals surface area contributed by atoms with Gasteiger partial charge in [0.05, 0.1) is 13.7 Å². The topological polar surface area (TPSA) is 40.2 Å². The van der Waals surface area contributed by atoms with Crippen molar-refractivity contribution < 1.29 is 4.74 Å². The molecule has 4 heteroatoms. The van der Waals surface area contributed by atoms with E-state index in [1.54, 1.807) is 7.11 Å². The minimum Gasteiger partial charge on any atom is -0.496 e. The van der Waals surface area contributed by atoms with E-state index < -0.39 is 0 Å². The summed E-state index contributed by atoms with van der Waals surface area (Å²) in [6.45, 7) is 0.706. The zero-order chi connectivity index (χ0) is 14.1. The molecule has 0 spiro atoms. The van der Waals surface area contributed by atoms with Gasteiger partial charge in [-0.1, -0.05) is 11.6 Å². The standard InChI is InChI=1S/C16H15ClN2O/c1-20-16-5-2-13(17)8-12(16)10-19-7-6-11-9-14(18)3-4-15(11)19/h2-9H,10,18H2,1H3. The summed E-state index contributed by atoms with van der Waals surface area (Å²) in [4.78, 5) is 0. The highest BCUT2D eigenvalue weighted by Crippen LogP contribution is 2.26. The van der Waals surface area contributed by atoms with E-state index in [4.69, 9.17) is 22.1 Å². The molecule has 0 unspecified atom stereocenters. The van der Waals surface area contributed by atoms with Crippen LogP contribution < -0.4 is 10.5 Å². The molecule has 3 nitrogen and oxygen atoms in total. The predicted molar refractivity (Wildman–Crippen MR) is 83.5 cm³/mol. The maximum atomic E-state index is 6.07. The molecular weight excluding hydrogens is 272 g/mol. The van der Waals surface area contributed by atoms with Crippen LogP contribution in [0.1, 0.15) is 5.56 Å². The van der Waals surface area contributed by atoms with Gasteiger partial charge < -0.3 is 15.0 Å². The van der Waals surface area contributed by atoms with Crippen molar-refractivity contribution in [3.05, 3.63) is 59.2 Å². The number of hydrogen-bond acceptors (Lipinski definition) is 2. The molecule has 0 amide bonds. The van der Waals surface area contributed by atoms with Gasteiger partial charge in [-0.15, -0.1) is 0 Å². The number of methoxy groups -OCH3 is 1. The van der Waals surface area contributed by atoms with E-state index >= 15 is 0 Å². The van der Waals surface area contributed by atoms with Crippen molar-refractivity contribution in [3.63, 3.8) is 0 Å². The largest absolute Gasteiger partial charge is 0.496 e. The van der Waals surface area contributed by atoms with E-state index in [1.807, 2.05) is 42.6 Å². The average Bonchev–Trinajstić information content (AvgIpc) is 2.81. The number of nitrogens with two attached hydrogens (primary N) is 1. The van der Waals surface area contributed by atoms with Gasteiger partial charge in [0.25, 0.3) is 0 Å². The van der Waals surface area contributed by atoms with Gasteiger partial charge in [-0.3, -0.25) is 0 Å². The van der Waals surface area contributed by atoms with E-state index in [0.29, 0.717) is 11.6 Å². The molecule has 0 radical (unpaired) electrons. The van der Waals surface area contributed by atoms with Crippen LogP contribution in [0.4, 0.5) is 5.69 Å². The molecule has 0 atom stereocenters. The average molecular weight is 287 g/mol. The third-order valence-corrected chi connectivity index (χ3v) is 3.61. The minimum absolute atomic E-state index is 0.706. The van der Waals surface area contributed by atoms with Crippen molar-refractivity contribution >= 4 is 28.2 Å². The Kier molecular flexibility index (Phi) is 3.28. The monoisotopic (exact) mass is 286 g/mol. The lowest BCUT2D eigenvalue weighted by molar-refractivity contribution is 0.408. The molecule has 2 aromatic carbocycles. The molecule has 102 valence electrons. The highest BCUT2D eigenvalue weighted by Gasteiger charge is 2.07. The van der Waals surface area contributed by atoms with Crippen LogP contribution in [-0.2, 0) is 6.54 Å². The third-order valence-electron chi connectivity index (χ3n) is 3.38. The van der Waals surface area contributed by atoms with Crippen LogP contribution in [0.3, 0.4) is 0 Å². The first-order valence-corrected chi connectivity index (χ1v) is 6.72. The summed E-state index contributed by atoms with van der Waals surface area (Å²) in [6.07, 6.45) is 2.05. The van der Waals surface area contributed by atoms with Crippen molar-refractivity contribution in [2.75, 3.05) is 12.8 Å². The number of rotatable bonds is 3. The summed E-state index contributed by atoms with van der Waals surface area (Å²) >= 11 is 6.07. The number of nitrogens with zero attached hydrogens (tertiary/aromatic N) is 1. The first-order valence-electron chi connectivity index (χ1n) is 6.34. The highest BCUT2D eigenvalue weighted by atomic mass is 35.5. The number of anilines is 1. The Morgan fingerprint density at radius 1 is 1.15 bits per heavy atom. The highest BCUT2D eigenvalue weighted by molar-refractivity contribution is 6.30. The SMILES string of the molecule is COc1ccc(Cl)cc1Cn1ccc2cc(N)ccc21. The zero-order valence-electron chi connectivity index (χ0n) is 11.1. The summed E-state index contributed by atoms with van der Waals surface area (Å²) < 4.78 is 7.54. The summed E-state index contributed by atoms with van der Waals surface area (Å²) in [5.74, 6) is 0.840. The maximum absolute atomic E-state index is 6.07. The van der Waals surface area contributed by atoms with Gasteiger partial charge in [-0.2, -0.15) is 0 Å². The van der Waals surface area contributed by atoms with Gasteiger partial charge in [0.15, 0.2) is 0 Å². The number of nitrogen functional groups attached to an aromatic ring is 1. The van der Waals surface area contributed by atoms with Crippen molar-refractivity contribution in [1.82, 2.24) is 4.57 Å². The Balaban J connectivity index is 2.03. The number of hydrogen-bond donors (Lipinski definition) is 1. The Hall–Kier alpha value is -2.13. The second kappa shape index (κ2) is 5.10. The first kappa shape index (κ1) is 12.9. The van der Waals surface area contributed by atoms with Crippen molar-refractivity contribution in [2.45, 2.75) is 6.54 Å². The third kappa shape index (κ3) is 2.32. The Morgan fingerprint density at radius 2 is 2.00 bits per heavy atom. The van der Waals surface area contributed by atoms with Gasteiger partial charge in [-0.05, 0) is 42.5 Å². The molecule has 0 bridgehead atoms. The number of aromatic nitrogens is 1. The van der Waals surface area contributed by atoms with E-state index in [9.17, 15) is 0 Å². The van der Waals surface area contributed by atoms with Crippen LogP contribution in [0.25, 0.3) is 10.9 Å². The second-order valence-corrected chi connectivity index (χ2v) is 5.15. The van der Waals surface area contributed by atoms with Crippen molar-refractivity contribution in [3.8, 4) is 5.75 Å². The quantitative estimate of drug-likeness (QED) is 0.741. The summed E-state index contributed by atoms with van der Waals surface area (Å²) in [5, 5.41) is 1.84. The molecule has 1 heterocycles. The normalized spacial score (nSPS) is 10.9. The Labute approximate surface area is 122 Å². The Morgan fingerprint density at radius 3 is 2.80 bits per heavy atom. The number of fused-ring (bicyclic) bond motifs is 1. The van der Waals surface area contributed by atoms with Crippen LogP contribution in [0.2, 0.25) is 5.02 Å². The summed E-state index contributed by atoms with van der Waals surface area (Å²) in [5.41, 5.74) is 8.77. The molecular formula is C16H15ClN2O. The minimum atomic E-state index is 0.706. The Bertz CT molecular complexity index is 764. The molecule has 2 N–H and O–H groups in total. The van der Waals surface area contributed by atoms with Gasteiger partial charge in [0, 0.05) is 33.4 Å². The molecule has 0 aliphatic rings. The molecule has 3 aromatic rings. The summed E-state index contributed by atoms with van der Waals surface area (Å²) in [6, 6.07) is 13.6. The molecule has 0 saturated carbocycles. The molecule has 0 saturated heterocycles. The molecule has 0 fully saturated rings. The van der Waals surface area contributed by atoms with Crippen molar-refractivity contribution in [1.29, 1.82) is 0 Å². The number of ether oxygens (including phenoxy) is 1. The lowest BCUT2D eigenvalue weighted by Gasteiger charge is -2.11. The van der Waals surface area contributed by atoms with Crippen molar-refractivity contribution in [2.24, 2.45) is 0 Å². The molecule has 3 rings (SSSR count). The fraction of sp³-hybridized carbons (Fsp3) is 0.125. The molecule has 20 heavy (non-hydrogen) atoms. The summed E-state index contributed by atoms with van der Waals surface area (Å²) in [7, 11) is 1.67. The van der Waals surface area contributed by atoms with E-state index in [1.165, 1.54) is 0 Å². The molecule has 0 aliphatic heterocycles. The number of halogens is 1. The van der Waals surface area contributed by atoms with Crippen LogP contribution in [0.15, 0.2) is 48.7 Å². The van der Waals surface area contributed by atoms with Gasteiger partial charge >= 0.3 is 0 Å². The first-order chi connectivity index (χ1) is 9.67. The van der Waals surface area contributed by atoms with E-state index in [-0.39, 0.29) is 0 Å². The smallest absolute Gasteiger partial charge is 0.123 e. The molecule has 0 aliphatic carbocycles. The fourth-order valence-corrected chi connectivity index (χ4v) is 2.61. The van der Waals surface area contributed by atoms with E-state index in [2.05, 4.69) is 10.6 Å². The van der Waals surface area contributed by atoms with Gasteiger partial charge in [0.2, 0.25) is 0 Å². The van der Waals surface area contributed by atoms with Gasteiger partial charge in [0.1, 0.15) is 5.75 Å². The van der Waals surface area contributed by atoms with Crippen LogP contribution >= 0.6 is 11.6 Å². The molecule has 1 aromatic heterocycles. The zero-order valence-corrected chi connectivity index (χ0v) is 11.9. The van der Waals surface area contributed by atoms with Gasteiger partial charge in [-0.25, -0.2) is 0 Å². The van der Waals surface area contributed by atoms with Crippen LogP contribution in [0, 0.1) is 0 Å². The van der Waals surface area contributed by atoms with E-state index in [0.717, 1.165) is 27.9 Å². The predicted octanol–water partition coefficient (Wildman–Crippen LogP) is 3.93. The van der Waals surface area contributed by atoms with Crippen LogP contribution in [0.5, 0.6) is 5.75 Å².